The number of amides is 2. The molecule has 0 unspecified atom stereocenters. The van der Waals surface area contributed by atoms with Gasteiger partial charge in [-0.15, -0.1) is 12.6 Å². The summed E-state index contributed by atoms with van der Waals surface area (Å²) in [6.45, 7) is 2.02. The summed E-state index contributed by atoms with van der Waals surface area (Å²) in [5.74, 6) is -0.158. The smallest absolute Gasteiger partial charge is 0.252 e. The highest BCUT2D eigenvalue weighted by molar-refractivity contribution is 7.80. The highest BCUT2D eigenvalue weighted by Crippen LogP contribution is 2.12. The van der Waals surface area contributed by atoms with E-state index in [9.17, 15) is 9.59 Å². The minimum atomic E-state index is -0.0996. The lowest BCUT2D eigenvalue weighted by molar-refractivity contribution is -0.117. The van der Waals surface area contributed by atoms with Gasteiger partial charge in [-0.1, -0.05) is 18.2 Å². The molecular formula is C18H23N3O2S. The average molecular weight is 345 g/mol. The molecule has 0 saturated carbocycles. The van der Waals surface area contributed by atoms with Crippen molar-refractivity contribution in [1.29, 1.82) is 0 Å². The number of nitrogens with one attached hydrogen (secondary N) is 2. The first-order chi connectivity index (χ1) is 11.7. The molecule has 24 heavy (non-hydrogen) atoms. The average Bonchev–Trinajstić information content (AvgIpc) is 2.61. The zero-order valence-corrected chi connectivity index (χ0v) is 14.5. The monoisotopic (exact) mass is 345 g/mol. The van der Waals surface area contributed by atoms with Crippen molar-refractivity contribution in [2.45, 2.75) is 30.6 Å². The lowest BCUT2D eigenvalue weighted by atomic mass is 10.1. The van der Waals surface area contributed by atoms with E-state index in [0.29, 0.717) is 29.1 Å². The maximum atomic E-state index is 12.0. The largest absolute Gasteiger partial charge is 0.352 e. The molecule has 0 radical (unpaired) electrons. The Morgan fingerprint density at radius 1 is 1.04 bits per heavy atom. The Labute approximate surface area is 148 Å². The van der Waals surface area contributed by atoms with E-state index in [1.807, 2.05) is 18.2 Å². The third kappa shape index (κ3) is 5.85. The number of hydrogen-bond acceptors (Lipinski definition) is 4. The molecule has 1 aliphatic heterocycles. The van der Waals surface area contributed by atoms with E-state index in [4.69, 9.17) is 0 Å². The van der Waals surface area contributed by atoms with Gasteiger partial charge in [0.2, 0.25) is 0 Å². The molecule has 5 nitrogen and oxygen atoms in total. The molecule has 1 aliphatic rings. The van der Waals surface area contributed by atoms with Gasteiger partial charge in [0.05, 0.1) is 11.1 Å². The molecule has 0 spiro atoms. The van der Waals surface area contributed by atoms with Crippen molar-refractivity contribution in [3.8, 4) is 0 Å². The Kier molecular flexibility index (Phi) is 7.55. The second kappa shape index (κ2) is 9.93. The van der Waals surface area contributed by atoms with E-state index >= 15 is 0 Å². The summed E-state index contributed by atoms with van der Waals surface area (Å²) in [5.41, 5.74) is 1.24. The van der Waals surface area contributed by atoms with Crippen LogP contribution >= 0.6 is 12.6 Å². The maximum absolute atomic E-state index is 12.0. The first-order valence-corrected chi connectivity index (χ1v) is 8.67. The van der Waals surface area contributed by atoms with Crippen LogP contribution in [0.25, 0.3) is 0 Å². The molecule has 128 valence electrons. The first kappa shape index (κ1) is 18.3. The fourth-order valence-electron chi connectivity index (χ4n) is 2.36. The van der Waals surface area contributed by atoms with E-state index in [0.717, 1.165) is 32.2 Å². The summed E-state index contributed by atoms with van der Waals surface area (Å²) in [4.78, 5) is 28.6. The van der Waals surface area contributed by atoms with Crippen molar-refractivity contribution in [1.82, 2.24) is 10.6 Å². The minimum Gasteiger partial charge on any atom is -0.352 e. The summed E-state index contributed by atoms with van der Waals surface area (Å²) in [6.07, 6.45) is 7.07. The van der Waals surface area contributed by atoms with Gasteiger partial charge in [0.1, 0.15) is 0 Å². The second-order valence-electron chi connectivity index (χ2n) is 5.57. The van der Waals surface area contributed by atoms with Crippen LogP contribution in [0.1, 0.15) is 36.0 Å². The predicted molar refractivity (Wildman–Crippen MR) is 98.9 cm³/mol. The molecule has 2 amide bonds. The lowest BCUT2D eigenvalue weighted by Gasteiger charge is -2.09. The van der Waals surface area contributed by atoms with Gasteiger partial charge in [-0.05, 0) is 37.8 Å². The van der Waals surface area contributed by atoms with Crippen LogP contribution in [-0.2, 0) is 4.79 Å². The summed E-state index contributed by atoms with van der Waals surface area (Å²) >= 11 is 4.28. The topological polar surface area (TPSA) is 70.6 Å². The van der Waals surface area contributed by atoms with Crippen LogP contribution < -0.4 is 10.6 Å². The molecule has 0 aromatic heterocycles. The van der Waals surface area contributed by atoms with Crippen molar-refractivity contribution in [3.63, 3.8) is 0 Å². The summed E-state index contributed by atoms with van der Waals surface area (Å²) < 4.78 is 0. The molecule has 2 N–H and O–H groups in total. The van der Waals surface area contributed by atoms with Crippen LogP contribution in [0.15, 0.2) is 45.8 Å². The Balaban J connectivity index is 1.55. The number of benzene rings is 1. The molecule has 1 aromatic rings. The number of hydrogen-bond donors (Lipinski definition) is 3. The van der Waals surface area contributed by atoms with E-state index in [1.54, 1.807) is 18.3 Å². The number of thiol groups is 1. The van der Waals surface area contributed by atoms with Crippen molar-refractivity contribution in [2.75, 3.05) is 19.6 Å². The zero-order valence-electron chi connectivity index (χ0n) is 13.6. The van der Waals surface area contributed by atoms with Crippen LogP contribution in [0.4, 0.5) is 0 Å². The molecular weight excluding hydrogens is 322 g/mol. The molecule has 2 rings (SSSR count). The number of unbranched alkanes of at least 4 members (excludes halogenated alkanes) is 2. The number of dihydropyridines is 1. The van der Waals surface area contributed by atoms with Crippen LogP contribution in [0.3, 0.4) is 0 Å². The number of nitrogens with zero attached hydrogens (tertiary/aromatic N) is 1. The van der Waals surface area contributed by atoms with E-state index < -0.39 is 0 Å². The van der Waals surface area contributed by atoms with Gasteiger partial charge < -0.3 is 10.6 Å². The van der Waals surface area contributed by atoms with Crippen LogP contribution in [0, 0.1) is 0 Å². The standard InChI is InChI=1S/C18H23N3O2S/c22-17(14-7-6-10-19-13-14)20-11-4-1-5-12-21-18(23)15-8-2-3-9-16(15)24/h2-3,7-9,13,24H,1,4-6,10-12H2,(H,20,22)(H,21,23). The molecule has 0 aliphatic carbocycles. The van der Waals surface area contributed by atoms with Gasteiger partial charge >= 0.3 is 0 Å². The summed E-state index contributed by atoms with van der Waals surface area (Å²) in [5, 5.41) is 5.78. The Hall–Kier alpha value is -2.08. The van der Waals surface area contributed by atoms with Crippen molar-refractivity contribution in [3.05, 3.63) is 41.5 Å². The zero-order chi connectivity index (χ0) is 17.2. The van der Waals surface area contributed by atoms with Crippen molar-refractivity contribution < 1.29 is 9.59 Å². The van der Waals surface area contributed by atoms with Crippen molar-refractivity contribution in [2.24, 2.45) is 4.99 Å². The predicted octanol–water partition coefficient (Wildman–Crippen LogP) is 2.39. The molecule has 0 saturated heterocycles. The first-order valence-electron chi connectivity index (χ1n) is 8.23. The normalized spacial score (nSPS) is 13.3. The number of carbonyl (C=O) groups excluding carboxylic acids is 2. The highest BCUT2D eigenvalue weighted by atomic mass is 32.1. The molecule has 1 heterocycles. The van der Waals surface area contributed by atoms with Gasteiger partial charge in [-0.3, -0.25) is 14.6 Å². The van der Waals surface area contributed by atoms with E-state index in [2.05, 4.69) is 28.3 Å². The van der Waals surface area contributed by atoms with Gasteiger partial charge in [-0.25, -0.2) is 0 Å². The minimum absolute atomic E-state index is 0.0582. The molecule has 1 aromatic carbocycles. The Morgan fingerprint density at radius 3 is 2.42 bits per heavy atom. The summed E-state index contributed by atoms with van der Waals surface area (Å²) in [6, 6.07) is 7.23. The van der Waals surface area contributed by atoms with E-state index in [1.165, 1.54) is 0 Å². The Bertz CT molecular complexity index is 641. The number of rotatable bonds is 8. The third-order valence-corrected chi connectivity index (χ3v) is 4.08. The van der Waals surface area contributed by atoms with Crippen LogP contribution in [-0.4, -0.2) is 37.7 Å². The van der Waals surface area contributed by atoms with Gasteiger partial charge in [0.15, 0.2) is 0 Å². The van der Waals surface area contributed by atoms with E-state index in [-0.39, 0.29) is 11.8 Å². The molecule has 0 fully saturated rings. The Morgan fingerprint density at radius 2 is 1.75 bits per heavy atom. The maximum Gasteiger partial charge on any atom is 0.252 e. The van der Waals surface area contributed by atoms with Crippen LogP contribution in [0.2, 0.25) is 0 Å². The van der Waals surface area contributed by atoms with Gasteiger partial charge in [0, 0.05) is 30.7 Å². The number of carbonyl (C=O) groups is 2. The molecule has 0 atom stereocenters. The molecule has 6 heteroatoms. The fraction of sp³-hybridized carbons (Fsp3) is 0.389. The van der Waals surface area contributed by atoms with Crippen molar-refractivity contribution >= 4 is 30.7 Å². The summed E-state index contributed by atoms with van der Waals surface area (Å²) in [7, 11) is 0. The van der Waals surface area contributed by atoms with Gasteiger partial charge in [-0.2, -0.15) is 0 Å². The lowest BCUT2D eigenvalue weighted by Crippen LogP contribution is -2.28. The third-order valence-electron chi connectivity index (χ3n) is 3.69. The van der Waals surface area contributed by atoms with Gasteiger partial charge in [0.25, 0.3) is 11.8 Å². The second-order valence-corrected chi connectivity index (χ2v) is 6.05. The molecule has 0 bridgehead atoms. The SMILES string of the molecule is O=C(NCCCCCNC(=O)c1ccccc1S)C1=CCCN=C1. The highest BCUT2D eigenvalue weighted by Gasteiger charge is 2.09. The fourth-order valence-corrected chi connectivity index (χ4v) is 2.62. The number of aliphatic imine (C=N–C) groups is 1. The quantitative estimate of drug-likeness (QED) is 0.500. The van der Waals surface area contributed by atoms with Crippen LogP contribution in [0.5, 0.6) is 0 Å².